The Hall–Kier alpha value is -1.91. The Bertz CT molecular complexity index is 703. The minimum absolute atomic E-state index is 0.295. The smallest absolute Gasteiger partial charge is 0.157 e. The first-order valence-corrected chi connectivity index (χ1v) is 8.17. The molecule has 0 aromatic carbocycles. The van der Waals surface area contributed by atoms with E-state index >= 15 is 0 Å². The Morgan fingerprint density at radius 1 is 1.23 bits per heavy atom. The topological polar surface area (TPSA) is 45.8 Å². The largest absolute Gasteiger partial charge is 0.331 e. The summed E-state index contributed by atoms with van der Waals surface area (Å²) in [6, 6.07) is 0. The summed E-state index contributed by atoms with van der Waals surface area (Å²) >= 11 is 0. The minimum Gasteiger partial charge on any atom is -0.331 e. The molecule has 3 aliphatic rings. The summed E-state index contributed by atoms with van der Waals surface area (Å²) in [5, 5.41) is 6.51. The van der Waals surface area contributed by atoms with Crippen LogP contribution in [0.25, 0.3) is 5.57 Å². The number of hydrogen-bond donors (Lipinski definition) is 0. The maximum Gasteiger partial charge on any atom is 0.157 e. The number of hydrazone groups is 1. The molecule has 0 amide bonds. The number of imidazole rings is 1. The summed E-state index contributed by atoms with van der Waals surface area (Å²) in [6.07, 6.45) is 6.97. The van der Waals surface area contributed by atoms with Crippen LogP contribution < -0.4 is 0 Å². The summed E-state index contributed by atoms with van der Waals surface area (Å²) in [7, 11) is 4.15. The van der Waals surface area contributed by atoms with Gasteiger partial charge in [0.25, 0.3) is 0 Å². The molecule has 116 valence electrons. The van der Waals surface area contributed by atoms with E-state index in [1.54, 1.807) is 0 Å². The average Bonchev–Trinajstić information content (AvgIpc) is 3.13. The van der Waals surface area contributed by atoms with Crippen LogP contribution in [0.15, 0.2) is 22.4 Å². The molecule has 0 radical (unpaired) electrons. The van der Waals surface area contributed by atoms with Crippen LogP contribution in [-0.2, 0) is 7.05 Å². The molecule has 5 nitrogen and oxygen atoms in total. The predicted molar refractivity (Wildman–Crippen MR) is 89.0 cm³/mol. The zero-order valence-electron chi connectivity index (χ0n) is 13.7. The predicted octanol–water partition coefficient (Wildman–Crippen LogP) is 2.67. The molecule has 0 bridgehead atoms. The summed E-state index contributed by atoms with van der Waals surface area (Å²) in [5.41, 5.74) is 3.67. The highest BCUT2D eigenvalue weighted by Crippen LogP contribution is 2.41. The van der Waals surface area contributed by atoms with Crippen molar-refractivity contribution in [1.82, 2.24) is 14.6 Å². The van der Waals surface area contributed by atoms with Gasteiger partial charge in [-0.05, 0) is 18.8 Å². The van der Waals surface area contributed by atoms with Gasteiger partial charge in [0, 0.05) is 44.0 Å². The van der Waals surface area contributed by atoms with Crippen molar-refractivity contribution in [2.45, 2.75) is 32.6 Å². The molecule has 3 heterocycles. The molecular weight excluding hydrogens is 274 g/mol. The minimum atomic E-state index is 0.295. The molecule has 1 unspecified atom stereocenters. The number of allylic oxidation sites excluding steroid dienone is 1. The monoisotopic (exact) mass is 297 g/mol. The van der Waals surface area contributed by atoms with Gasteiger partial charge in [0.05, 0.1) is 11.6 Å². The first-order valence-electron chi connectivity index (χ1n) is 8.17. The van der Waals surface area contributed by atoms with E-state index in [2.05, 4.69) is 42.8 Å². The van der Waals surface area contributed by atoms with Crippen molar-refractivity contribution in [3.05, 3.63) is 23.8 Å². The quantitative estimate of drug-likeness (QED) is 0.861. The lowest BCUT2D eigenvalue weighted by atomic mass is 9.91. The van der Waals surface area contributed by atoms with Crippen molar-refractivity contribution < 1.29 is 0 Å². The molecular formula is C17H23N5. The van der Waals surface area contributed by atoms with Gasteiger partial charge in [-0.2, -0.15) is 5.10 Å². The number of nitrogens with zero attached hydrogens (tertiary/aromatic N) is 5. The van der Waals surface area contributed by atoms with E-state index in [-0.39, 0.29) is 0 Å². The van der Waals surface area contributed by atoms with E-state index in [9.17, 15) is 0 Å². The fourth-order valence-corrected chi connectivity index (χ4v) is 3.42. The van der Waals surface area contributed by atoms with Crippen molar-refractivity contribution in [2.75, 3.05) is 13.6 Å². The molecule has 1 atom stereocenters. The SMILES string of the molecule is CC(C)C1=NC2=NN(C)CC2C=C1c1ncc(C2CC2)n1C. The van der Waals surface area contributed by atoms with E-state index in [4.69, 9.17) is 9.98 Å². The first-order chi connectivity index (χ1) is 10.5. The van der Waals surface area contributed by atoms with Crippen molar-refractivity contribution in [3.8, 4) is 0 Å². The van der Waals surface area contributed by atoms with Crippen LogP contribution in [0.2, 0.25) is 0 Å². The van der Waals surface area contributed by atoms with Crippen LogP contribution in [0.3, 0.4) is 0 Å². The molecule has 0 saturated heterocycles. The standard InChI is InChI=1S/C17H23N5/c1-10(2)15-13(7-12-9-21(3)20-16(12)19-15)17-18-8-14(22(17)4)11-5-6-11/h7-8,10-12H,5-6,9H2,1-4H3. The van der Waals surface area contributed by atoms with Gasteiger partial charge in [-0.15, -0.1) is 0 Å². The maximum absolute atomic E-state index is 4.87. The zero-order chi connectivity index (χ0) is 15.4. The molecule has 1 aromatic rings. The molecule has 1 fully saturated rings. The van der Waals surface area contributed by atoms with Crippen LogP contribution in [0.1, 0.15) is 44.1 Å². The van der Waals surface area contributed by atoms with Crippen molar-refractivity contribution in [3.63, 3.8) is 0 Å². The lowest BCUT2D eigenvalue weighted by Crippen LogP contribution is -2.24. The second-order valence-corrected chi connectivity index (χ2v) is 6.98. The van der Waals surface area contributed by atoms with Gasteiger partial charge < -0.3 is 4.57 Å². The first kappa shape index (κ1) is 13.7. The lowest BCUT2D eigenvalue weighted by molar-refractivity contribution is 0.376. The highest BCUT2D eigenvalue weighted by Gasteiger charge is 2.33. The Morgan fingerprint density at radius 2 is 2.00 bits per heavy atom. The maximum atomic E-state index is 4.87. The van der Waals surface area contributed by atoms with Gasteiger partial charge in [-0.1, -0.05) is 19.9 Å². The van der Waals surface area contributed by atoms with Crippen molar-refractivity contribution in [2.24, 2.45) is 29.0 Å². The fourth-order valence-electron chi connectivity index (χ4n) is 3.42. The van der Waals surface area contributed by atoms with Gasteiger partial charge in [-0.3, -0.25) is 5.01 Å². The molecule has 1 saturated carbocycles. The number of amidine groups is 1. The van der Waals surface area contributed by atoms with Gasteiger partial charge in [0.15, 0.2) is 5.84 Å². The Labute approximate surface area is 131 Å². The highest BCUT2D eigenvalue weighted by molar-refractivity contribution is 6.29. The number of dihydropyridines is 1. The molecule has 0 N–H and O–H groups in total. The van der Waals surface area contributed by atoms with Gasteiger partial charge in [0.1, 0.15) is 5.82 Å². The van der Waals surface area contributed by atoms with Crippen LogP contribution in [0.5, 0.6) is 0 Å². The third-order valence-electron chi connectivity index (χ3n) is 4.75. The van der Waals surface area contributed by atoms with Crippen LogP contribution in [-0.4, -0.2) is 39.7 Å². The van der Waals surface area contributed by atoms with Gasteiger partial charge in [-0.25, -0.2) is 9.98 Å². The summed E-state index contributed by atoms with van der Waals surface area (Å²) in [4.78, 5) is 9.59. The number of rotatable bonds is 3. The third-order valence-corrected chi connectivity index (χ3v) is 4.75. The lowest BCUT2D eigenvalue weighted by Gasteiger charge is -2.21. The molecule has 0 spiro atoms. The number of fused-ring (bicyclic) bond motifs is 1. The zero-order valence-corrected chi connectivity index (χ0v) is 13.7. The second kappa shape index (κ2) is 4.80. The average molecular weight is 297 g/mol. The molecule has 22 heavy (non-hydrogen) atoms. The highest BCUT2D eigenvalue weighted by atomic mass is 15.5. The van der Waals surface area contributed by atoms with E-state index in [0.717, 1.165) is 23.9 Å². The van der Waals surface area contributed by atoms with E-state index in [1.165, 1.54) is 24.1 Å². The molecule has 4 rings (SSSR count). The van der Waals surface area contributed by atoms with E-state index in [1.807, 2.05) is 12.1 Å². The van der Waals surface area contributed by atoms with Crippen molar-refractivity contribution >= 4 is 17.1 Å². The van der Waals surface area contributed by atoms with Crippen molar-refractivity contribution in [1.29, 1.82) is 0 Å². The Balaban J connectivity index is 1.78. The molecule has 1 aromatic heterocycles. The summed E-state index contributed by atoms with van der Waals surface area (Å²) in [5.74, 6) is 3.38. The van der Waals surface area contributed by atoms with Crippen LogP contribution in [0, 0.1) is 11.8 Å². The molecule has 1 aliphatic carbocycles. The summed E-state index contributed by atoms with van der Waals surface area (Å²) in [6.45, 7) is 5.29. The van der Waals surface area contributed by atoms with Gasteiger partial charge >= 0.3 is 0 Å². The number of aromatic nitrogens is 2. The Kier molecular flexibility index (Phi) is 2.99. The second-order valence-electron chi connectivity index (χ2n) is 6.98. The fraction of sp³-hybridized carbons (Fsp3) is 0.588. The van der Waals surface area contributed by atoms with E-state index < -0.39 is 0 Å². The molecule has 2 aliphatic heterocycles. The third kappa shape index (κ3) is 2.11. The van der Waals surface area contributed by atoms with Crippen LogP contribution in [0.4, 0.5) is 0 Å². The van der Waals surface area contributed by atoms with E-state index in [0.29, 0.717) is 17.8 Å². The Morgan fingerprint density at radius 3 is 2.68 bits per heavy atom. The normalized spacial score (nSPS) is 24.3. The number of hydrogen-bond acceptors (Lipinski definition) is 4. The summed E-state index contributed by atoms with van der Waals surface area (Å²) < 4.78 is 2.27. The van der Waals surface area contributed by atoms with Gasteiger partial charge in [0.2, 0.25) is 0 Å². The van der Waals surface area contributed by atoms with Crippen LogP contribution >= 0.6 is 0 Å². The molecule has 5 heteroatoms. The number of aliphatic imine (C=N–C) groups is 1.